The highest BCUT2D eigenvalue weighted by atomic mass is 16.5. The van der Waals surface area contributed by atoms with E-state index >= 15 is 0 Å². The Bertz CT molecular complexity index is 822. The number of hydrogen-bond donors (Lipinski definition) is 1. The molecule has 2 aromatic rings. The van der Waals surface area contributed by atoms with Crippen LogP contribution in [0.1, 0.15) is 23.0 Å². The number of benzene rings is 1. The number of rotatable bonds is 6. The number of carbonyl (C=O) groups excluding carboxylic acids is 1. The van der Waals surface area contributed by atoms with Gasteiger partial charge in [0.05, 0.1) is 27.0 Å². The molecule has 0 saturated carbocycles. The van der Waals surface area contributed by atoms with Crippen molar-refractivity contribution in [1.82, 2.24) is 10.0 Å². The molecule has 0 unspecified atom stereocenters. The van der Waals surface area contributed by atoms with Gasteiger partial charge in [0.25, 0.3) is 0 Å². The summed E-state index contributed by atoms with van der Waals surface area (Å²) < 4.78 is 16.5. The van der Waals surface area contributed by atoms with Crippen molar-refractivity contribution in [3.8, 4) is 11.5 Å². The predicted molar refractivity (Wildman–Crippen MR) is 84.7 cm³/mol. The van der Waals surface area contributed by atoms with Gasteiger partial charge >= 0.3 is 17.2 Å². The lowest BCUT2D eigenvalue weighted by Gasteiger charge is -2.06. The quantitative estimate of drug-likeness (QED) is 0.458. The molecule has 0 spiro atoms. The average Bonchev–Trinajstić information content (AvgIpc) is 2.86. The Labute approximate surface area is 138 Å². The van der Waals surface area contributed by atoms with Gasteiger partial charge in [0.15, 0.2) is 11.5 Å². The van der Waals surface area contributed by atoms with Crippen molar-refractivity contribution in [2.75, 3.05) is 20.8 Å². The summed E-state index contributed by atoms with van der Waals surface area (Å²) in [6.07, 6.45) is 1.45. The molecular formula is C15H19N4O5+. The van der Waals surface area contributed by atoms with Crippen molar-refractivity contribution in [3.63, 3.8) is 0 Å². The van der Waals surface area contributed by atoms with Crippen LogP contribution in [0.5, 0.6) is 11.5 Å². The summed E-state index contributed by atoms with van der Waals surface area (Å²) in [5, 5.41) is 6.67. The molecule has 0 saturated heterocycles. The van der Waals surface area contributed by atoms with Gasteiger partial charge in [-0.05, 0) is 25.1 Å². The maximum atomic E-state index is 12.2. The second-order valence-electron chi connectivity index (χ2n) is 4.70. The van der Waals surface area contributed by atoms with Crippen LogP contribution in [-0.4, -0.2) is 43.0 Å². The minimum Gasteiger partial charge on any atom is -0.493 e. The zero-order valence-corrected chi connectivity index (χ0v) is 13.9. The smallest absolute Gasteiger partial charge is 0.434 e. The lowest BCUT2D eigenvalue weighted by atomic mass is 10.2. The van der Waals surface area contributed by atoms with Gasteiger partial charge in [-0.15, -0.1) is 4.68 Å². The summed E-state index contributed by atoms with van der Waals surface area (Å²) in [6.45, 7) is 1.84. The lowest BCUT2D eigenvalue weighted by molar-refractivity contribution is -0.734. The van der Waals surface area contributed by atoms with Gasteiger partial charge in [0.2, 0.25) is 0 Å². The fraction of sp³-hybridized carbons (Fsp3) is 0.333. The van der Waals surface area contributed by atoms with Crippen molar-refractivity contribution in [1.29, 1.82) is 0 Å². The molecule has 0 aliphatic heterocycles. The van der Waals surface area contributed by atoms with Crippen LogP contribution in [0.4, 0.5) is 0 Å². The topological polar surface area (TPSA) is 98.8 Å². The highest BCUT2D eigenvalue weighted by molar-refractivity contribution is 5.85. The first-order valence-electron chi connectivity index (χ1n) is 7.16. The molecule has 0 radical (unpaired) electrons. The monoisotopic (exact) mass is 335 g/mol. The van der Waals surface area contributed by atoms with Crippen LogP contribution in [0.3, 0.4) is 0 Å². The number of hydrogen-bond acceptors (Lipinski definition) is 6. The molecule has 1 aromatic carbocycles. The number of methoxy groups -OCH3 is 2. The Morgan fingerprint density at radius 2 is 2.04 bits per heavy atom. The fourth-order valence-corrected chi connectivity index (χ4v) is 2.04. The standard InChI is InChI=1S/C15H18N4O5/c1-5-24-15(21)13-14(20)19(17-18(13)2)16-9-10-6-7-11(22-3)12(8-10)23-4/h6-9H,5H2,1-4H3/p+1/b16-9-. The third-order valence-corrected chi connectivity index (χ3v) is 3.17. The van der Waals surface area contributed by atoms with Gasteiger partial charge in [-0.25, -0.2) is 9.59 Å². The maximum Gasteiger partial charge on any atom is 0.434 e. The summed E-state index contributed by atoms with van der Waals surface area (Å²) in [5.41, 5.74) is -0.0523. The van der Waals surface area contributed by atoms with Gasteiger partial charge in [0, 0.05) is 10.4 Å². The Morgan fingerprint density at radius 3 is 2.67 bits per heavy atom. The van der Waals surface area contributed by atoms with E-state index in [4.69, 9.17) is 14.2 Å². The van der Waals surface area contributed by atoms with Crippen LogP contribution >= 0.6 is 0 Å². The van der Waals surface area contributed by atoms with Crippen molar-refractivity contribution in [2.24, 2.45) is 12.1 Å². The van der Waals surface area contributed by atoms with E-state index in [9.17, 15) is 9.59 Å². The molecule has 1 heterocycles. The molecule has 1 N–H and O–H groups in total. The van der Waals surface area contributed by atoms with Crippen LogP contribution in [0.25, 0.3) is 0 Å². The summed E-state index contributed by atoms with van der Waals surface area (Å²) in [7, 11) is 4.59. The van der Waals surface area contributed by atoms with Gasteiger partial charge in [0.1, 0.15) is 7.05 Å². The van der Waals surface area contributed by atoms with E-state index in [0.717, 1.165) is 4.79 Å². The van der Waals surface area contributed by atoms with Gasteiger partial charge in [-0.1, -0.05) is 10.3 Å². The molecule has 0 bridgehead atoms. The number of ether oxygens (including phenoxy) is 3. The Hall–Kier alpha value is -3.10. The molecule has 0 aliphatic rings. The van der Waals surface area contributed by atoms with Crippen molar-refractivity contribution >= 4 is 12.2 Å². The highest BCUT2D eigenvalue weighted by Crippen LogP contribution is 2.26. The first-order valence-corrected chi connectivity index (χ1v) is 7.16. The molecule has 0 aliphatic carbocycles. The SMILES string of the molecule is CCOC(=O)c1c(=O)n(/N=C\c2ccc(OC)c(OC)c2)[nH][n+]1C. The maximum absolute atomic E-state index is 12.2. The van der Waals surface area contributed by atoms with Crippen molar-refractivity contribution in [2.45, 2.75) is 6.92 Å². The van der Waals surface area contributed by atoms with Gasteiger partial charge in [-0.2, -0.15) is 0 Å². The molecule has 1 aromatic heterocycles. The molecular weight excluding hydrogens is 316 g/mol. The second-order valence-corrected chi connectivity index (χ2v) is 4.70. The zero-order valence-electron chi connectivity index (χ0n) is 13.9. The molecule has 2 rings (SSSR count). The lowest BCUT2D eigenvalue weighted by Crippen LogP contribution is -2.39. The van der Waals surface area contributed by atoms with E-state index in [1.165, 1.54) is 25.1 Å². The minimum atomic E-state index is -0.707. The normalized spacial score (nSPS) is 10.8. The van der Waals surface area contributed by atoms with Gasteiger partial charge in [-0.3, -0.25) is 0 Å². The summed E-state index contributed by atoms with van der Waals surface area (Å²) in [5.74, 6) is 0.419. The average molecular weight is 335 g/mol. The van der Waals surface area contributed by atoms with Crippen molar-refractivity contribution in [3.05, 3.63) is 39.8 Å². The Kier molecular flexibility index (Phi) is 5.35. The molecule has 9 heteroatoms. The third-order valence-electron chi connectivity index (χ3n) is 3.17. The zero-order chi connectivity index (χ0) is 17.7. The first-order chi connectivity index (χ1) is 11.5. The van der Waals surface area contributed by atoms with Crippen molar-refractivity contribution < 1.29 is 23.7 Å². The van der Waals surface area contributed by atoms with E-state index in [1.54, 1.807) is 32.2 Å². The summed E-state index contributed by atoms with van der Waals surface area (Å²) >= 11 is 0. The van der Waals surface area contributed by atoms with Crippen LogP contribution in [0.2, 0.25) is 0 Å². The molecule has 0 atom stereocenters. The van der Waals surface area contributed by atoms with E-state index < -0.39 is 11.5 Å². The van der Waals surface area contributed by atoms with Gasteiger partial charge < -0.3 is 14.2 Å². The largest absolute Gasteiger partial charge is 0.493 e. The summed E-state index contributed by atoms with van der Waals surface area (Å²) in [6, 6.07) is 5.19. The molecule has 0 amide bonds. The van der Waals surface area contributed by atoms with Crippen LogP contribution in [0.15, 0.2) is 28.1 Å². The van der Waals surface area contributed by atoms with E-state index in [0.29, 0.717) is 17.1 Å². The number of nitrogens with zero attached hydrogens (tertiary/aromatic N) is 3. The Balaban J connectivity index is 2.32. The van der Waals surface area contributed by atoms with Crippen LogP contribution in [0, 0.1) is 0 Å². The molecule has 0 fully saturated rings. The number of aromatic nitrogens is 3. The minimum absolute atomic E-state index is 0.138. The fourth-order valence-electron chi connectivity index (χ4n) is 2.04. The second kappa shape index (κ2) is 7.44. The number of esters is 1. The van der Waals surface area contributed by atoms with E-state index in [1.807, 2.05) is 0 Å². The van der Waals surface area contributed by atoms with E-state index in [-0.39, 0.29) is 12.3 Å². The number of aryl methyl sites for hydroxylation is 1. The Morgan fingerprint density at radius 1 is 1.33 bits per heavy atom. The molecule has 24 heavy (non-hydrogen) atoms. The summed E-state index contributed by atoms with van der Waals surface area (Å²) in [4.78, 5) is 24.9. The van der Waals surface area contributed by atoms with E-state index in [2.05, 4.69) is 10.3 Å². The highest BCUT2D eigenvalue weighted by Gasteiger charge is 2.27. The number of nitrogens with one attached hydrogen (secondary N) is 1. The number of H-pyrrole nitrogens is 1. The van der Waals surface area contributed by atoms with Crippen LogP contribution in [-0.2, 0) is 11.8 Å². The number of carbonyl (C=O) groups is 1. The third kappa shape index (κ3) is 3.45. The van der Waals surface area contributed by atoms with Crippen LogP contribution < -0.4 is 19.7 Å². The first kappa shape index (κ1) is 17.3. The number of aromatic amines is 1. The predicted octanol–water partition coefficient (Wildman–Crippen LogP) is 0.0770. The molecule has 128 valence electrons. The molecule has 9 nitrogen and oxygen atoms in total.